The van der Waals surface area contributed by atoms with Crippen molar-refractivity contribution in [1.82, 2.24) is 10.2 Å². The van der Waals surface area contributed by atoms with Gasteiger partial charge in [-0.3, -0.25) is 4.79 Å². The number of nitrogens with zero attached hydrogens (tertiary/aromatic N) is 1. The lowest BCUT2D eigenvalue weighted by atomic mass is 9.90. The molecule has 1 N–H and O–H groups in total. The molecule has 1 saturated heterocycles. The number of hydrogen-bond donors (Lipinski definition) is 1. The summed E-state index contributed by atoms with van der Waals surface area (Å²) in [4.78, 5) is 14.3. The van der Waals surface area contributed by atoms with E-state index < -0.39 is 9.84 Å². The Hall–Kier alpha value is -0.620. The number of amides is 1. The molecule has 0 radical (unpaired) electrons. The number of hydrogen-bond acceptors (Lipinski definition) is 4. The molecule has 1 unspecified atom stereocenters. The van der Waals surface area contributed by atoms with E-state index in [4.69, 9.17) is 0 Å². The van der Waals surface area contributed by atoms with Gasteiger partial charge < -0.3 is 10.2 Å². The van der Waals surface area contributed by atoms with Gasteiger partial charge in [0.2, 0.25) is 5.91 Å². The van der Waals surface area contributed by atoms with E-state index in [-0.39, 0.29) is 18.1 Å². The second-order valence-corrected chi connectivity index (χ2v) is 9.24. The first kappa shape index (κ1) is 17.7. The van der Waals surface area contributed by atoms with E-state index >= 15 is 0 Å². The van der Waals surface area contributed by atoms with Crippen LogP contribution in [0.2, 0.25) is 0 Å². The lowest BCUT2D eigenvalue weighted by Crippen LogP contribution is -2.46. The summed E-state index contributed by atoms with van der Waals surface area (Å²) in [6.07, 6.45) is 10.4. The smallest absolute Gasteiger partial charge is 0.221 e. The molecule has 0 aromatic carbocycles. The number of likely N-dealkylation sites (tertiary alicyclic amines) is 1. The van der Waals surface area contributed by atoms with Gasteiger partial charge in [0.15, 0.2) is 0 Å². The van der Waals surface area contributed by atoms with E-state index in [2.05, 4.69) is 10.2 Å². The minimum Gasteiger partial charge on any atom is -0.356 e. The van der Waals surface area contributed by atoms with Gasteiger partial charge >= 0.3 is 0 Å². The summed E-state index contributed by atoms with van der Waals surface area (Å²) in [7, 11) is -3.05. The van der Waals surface area contributed by atoms with Crippen LogP contribution in [0.25, 0.3) is 0 Å². The Kier molecular flexibility index (Phi) is 6.68. The second-order valence-electron chi connectivity index (χ2n) is 6.98. The average Bonchev–Trinajstić information content (AvgIpc) is 2.51. The SMILES string of the molecule is CS(=O)(=O)CCC(=O)NCC1CCCN(C2CCCCC2)C1. The lowest BCUT2D eigenvalue weighted by Gasteiger charge is -2.40. The van der Waals surface area contributed by atoms with Gasteiger partial charge in [-0.2, -0.15) is 0 Å². The second kappa shape index (κ2) is 8.29. The summed E-state index contributed by atoms with van der Waals surface area (Å²) in [5.74, 6) is 0.315. The van der Waals surface area contributed by atoms with E-state index in [9.17, 15) is 13.2 Å². The fraction of sp³-hybridized carbons (Fsp3) is 0.938. The molecular formula is C16H30N2O3S. The standard InChI is InChI=1S/C16H30N2O3S/c1-22(20,21)11-9-16(19)17-12-14-6-5-10-18(13-14)15-7-3-2-4-8-15/h14-15H,2-13H2,1H3,(H,17,19). The van der Waals surface area contributed by atoms with Gasteiger partial charge in [-0.25, -0.2) is 8.42 Å². The van der Waals surface area contributed by atoms with Crippen molar-refractivity contribution in [3.05, 3.63) is 0 Å². The van der Waals surface area contributed by atoms with Crippen LogP contribution in [0.15, 0.2) is 0 Å². The molecule has 0 aromatic rings. The third-order valence-corrected chi connectivity index (χ3v) is 5.88. The highest BCUT2D eigenvalue weighted by Crippen LogP contribution is 2.26. The Morgan fingerprint density at radius 2 is 1.86 bits per heavy atom. The number of nitrogens with one attached hydrogen (secondary N) is 1. The van der Waals surface area contributed by atoms with Crippen LogP contribution in [0.5, 0.6) is 0 Å². The molecule has 5 nitrogen and oxygen atoms in total. The first-order chi connectivity index (χ1) is 10.4. The summed E-state index contributed by atoms with van der Waals surface area (Å²) in [6.45, 7) is 2.96. The molecule has 1 aliphatic heterocycles. The fourth-order valence-electron chi connectivity index (χ4n) is 3.67. The Labute approximate surface area is 134 Å². The van der Waals surface area contributed by atoms with Gasteiger partial charge in [0.25, 0.3) is 0 Å². The molecule has 6 heteroatoms. The van der Waals surface area contributed by atoms with E-state index in [1.165, 1.54) is 51.3 Å². The van der Waals surface area contributed by atoms with Crippen LogP contribution in [0.3, 0.4) is 0 Å². The number of carbonyl (C=O) groups excluding carboxylic acids is 1. The summed E-state index contributed by atoms with van der Waals surface area (Å²) in [5.41, 5.74) is 0. The van der Waals surface area contributed by atoms with E-state index in [1.807, 2.05) is 0 Å². The molecule has 1 saturated carbocycles. The molecule has 2 rings (SSSR count). The van der Waals surface area contributed by atoms with Crippen LogP contribution in [0, 0.1) is 5.92 Å². The van der Waals surface area contributed by atoms with Crippen molar-refractivity contribution >= 4 is 15.7 Å². The number of sulfone groups is 1. The Balaban J connectivity index is 1.70. The van der Waals surface area contributed by atoms with Crippen molar-refractivity contribution in [2.45, 2.75) is 57.4 Å². The normalized spacial score (nSPS) is 25.0. The predicted molar refractivity (Wildman–Crippen MR) is 88.5 cm³/mol. The molecule has 128 valence electrons. The van der Waals surface area contributed by atoms with Crippen LogP contribution < -0.4 is 5.32 Å². The van der Waals surface area contributed by atoms with Crippen molar-refractivity contribution in [2.24, 2.45) is 5.92 Å². The van der Waals surface area contributed by atoms with Gasteiger partial charge in [0.1, 0.15) is 9.84 Å². The van der Waals surface area contributed by atoms with Crippen molar-refractivity contribution in [3.8, 4) is 0 Å². The zero-order chi connectivity index (χ0) is 16.0. The minimum atomic E-state index is -3.05. The molecule has 1 heterocycles. The van der Waals surface area contributed by atoms with Crippen molar-refractivity contribution in [1.29, 1.82) is 0 Å². The van der Waals surface area contributed by atoms with Crippen LogP contribution >= 0.6 is 0 Å². The quantitative estimate of drug-likeness (QED) is 0.803. The van der Waals surface area contributed by atoms with Crippen LogP contribution in [-0.2, 0) is 14.6 Å². The topological polar surface area (TPSA) is 66.5 Å². The molecule has 0 bridgehead atoms. The molecule has 2 fully saturated rings. The lowest BCUT2D eigenvalue weighted by molar-refractivity contribution is -0.121. The minimum absolute atomic E-state index is 0.0578. The Morgan fingerprint density at radius 1 is 1.14 bits per heavy atom. The largest absolute Gasteiger partial charge is 0.356 e. The number of rotatable bonds is 6. The molecule has 0 aromatic heterocycles. The zero-order valence-electron chi connectivity index (χ0n) is 13.7. The Morgan fingerprint density at radius 3 is 2.55 bits per heavy atom. The maximum Gasteiger partial charge on any atom is 0.221 e. The molecule has 22 heavy (non-hydrogen) atoms. The third-order valence-electron chi connectivity index (χ3n) is 4.93. The summed E-state index contributed by atoms with van der Waals surface area (Å²) >= 11 is 0. The predicted octanol–water partition coefficient (Wildman–Crippen LogP) is 1.58. The molecule has 1 atom stereocenters. The van der Waals surface area contributed by atoms with Crippen molar-refractivity contribution < 1.29 is 13.2 Å². The first-order valence-electron chi connectivity index (χ1n) is 8.62. The maximum atomic E-state index is 11.7. The number of carbonyl (C=O) groups is 1. The van der Waals surface area contributed by atoms with Gasteiger partial charge in [-0.1, -0.05) is 19.3 Å². The molecular weight excluding hydrogens is 300 g/mol. The van der Waals surface area contributed by atoms with Gasteiger partial charge in [-0.05, 0) is 38.1 Å². The highest BCUT2D eigenvalue weighted by Gasteiger charge is 2.27. The van der Waals surface area contributed by atoms with Crippen LogP contribution in [-0.4, -0.2) is 56.9 Å². The van der Waals surface area contributed by atoms with Gasteiger partial charge in [-0.15, -0.1) is 0 Å². The maximum absolute atomic E-state index is 11.7. The Bertz CT molecular complexity index is 458. The average molecular weight is 330 g/mol. The van der Waals surface area contributed by atoms with E-state index in [1.54, 1.807) is 0 Å². The van der Waals surface area contributed by atoms with Crippen LogP contribution in [0.4, 0.5) is 0 Å². The molecule has 1 aliphatic carbocycles. The van der Waals surface area contributed by atoms with E-state index in [0.717, 1.165) is 19.0 Å². The molecule has 1 amide bonds. The number of piperidine rings is 1. The zero-order valence-corrected chi connectivity index (χ0v) is 14.5. The monoisotopic (exact) mass is 330 g/mol. The van der Waals surface area contributed by atoms with Crippen molar-refractivity contribution in [3.63, 3.8) is 0 Å². The summed E-state index contributed by atoms with van der Waals surface area (Å²) < 4.78 is 22.1. The van der Waals surface area contributed by atoms with E-state index in [0.29, 0.717) is 12.5 Å². The van der Waals surface area contributed by atoms with Crippen molar-refractivity contribution in [2.75, 3.05) is 31.6 Å². The first-order valence-corrected chi connectivity index (χ1v) is 10.7. The molecule has 2 aliphatic rings. The van der Waals surface area contributed by atoms with Crippen LogP contribution in [0.1, 0.15) is 51.4 Å². The summed E-state index contributed by atoms with van der Waals surface area (Å²) in [5, 5.41) is 2.92. The van der Waals surface area contributed by atoms with Gasteiger partial charge in [0, 0.05) is 31.8 Å². The highest BCUT2D eigenvalue weighted by atomic mass is 32.2. The summed E-state index contributed by atoms with van der Waals surface area (Å²) in [6, 6.07) is 0.748. The highest BCUT2D eigenvalue weighted by molar-refractivity contribution is 7.90. The fourth-order valence-corrected chi connectivity index (χ4v) is 4.22. The third kappa shape index (κ3) is 6.24. The molecule has 0 spiro atoms. The van der Waals surface area contributed by atoms with Gasteiger partial charge in [0.05, 0.1) is 5.75 Å².